The number of hydrogen-bond acceptors (Lipinski definition) is 5. The second kappa shape index (κ2) is 9.66. The third-order valence-corrected chi connectivity index (χ3v) is 5.95. The molecular formula is C23H17Cl3N4O2. The molecule has 2 aromatic carbocycles. The number of nitriles is 1. The molecule has 0 saturated carbocycles. The van der Waals surface area contributed by atoms with Crippen molar-refractivity contribution in [2.45, 2.75) is 0 Å². The zero-order chi connectivity index (χ0) is 22.7. The molecule has 1 saturated heterocycles. The van der Waals surface area contributed by atoms with Gasteiger partial charge in [-0.3, -0.25) is 4.79 Å². The number of benzene rings is 2. The van der Waals surface area contributed by atoms with E-state index in [9.17, 15) is 10.1 Å². The molecule has 9 heteroatoms. The van der Waals surface area contributed by atoms with E-state index in [1.54, 1.807) is 41.3 Å². The first-order valence-electron chi connectivity index (χ1n) is 9.79. The van der Waals surface area contributed by atoms with Crippen LogP contribution in [-0.2, 0) is 0 Å². The van der Waals surface area contributed by atoms with Gasteiger partial charge in [0.05, 0.1) is 10.6 Å². The van der Waals surface area contributed by atoms with Crippen LogP contribution in [0.5, 0.6) is 0 Å². The summed E-state index contributed by atoms with van der Waals surface area (Å²) in [5.41, 5.74) is 1.43. The first-order valence-corrected chi connectivity index (χ1v) is 10.9. The molecule has 0 atom stereocenters. The standard InChI is InChI=1S/C23H17Cl3N4O2/c24-16-6-7-17(19(26)13-16)22(31)29-9-11-30(12-10-29)23-20(14-27)28-21(32-23)8-5-15-3-1-2-4-18(15)25/h1-8,13H,9-12H2/b8-5+. The van der Waals surface area contributed by atoms with Crippen molar-refractivity contribution in [1.29, 1.82) is 5.26 Å². The molecule has 1 aliphatic heterocycles. The van der Waals surface area contributed by atoms with Gasteiger partial charge in [-0.05, 0) is 35.9 Å². The van der Waals surface area contributed by atoms with Crippen LogP contribution in [0, 0.1) is 11.3 Å². The molecule has 0 radical (unpaired) electrons. The first-order chi connectivity index (χ1) is 15.5. The zero-order valence-corrected chi connectivity index (χ0v) is 19.0. The van der Waals surface area contributed by atoms with Crippen molar-refractivity contribution in [3.8, 4) is 6.07 Å². The molecule has 1 aromatic heterocycles. The molecule has 1 fully saturated rings. The predicted octanol–water partition coefficient (Wildman–Crippen LogP) is 5.64. The molecule has 162 valence electrons. The number of halogens is 3. The Labute approximate surface area is 200 Å². The molecule has 2 heterocycles. The Morgan fingerprint density at radius 3 is 2.47 bits per heavy atom. The molecule has 1 aliphatic rings. The molecule has 0 bridgehead atoms. The van der Waals surface area contributed by atoms with E-state index < -0.39 is 0 Å². The normalized spacial score (nSPS) is 14.1. The van der Waals surface area contributed by atoms with Crippen LogP contribution in [0.2, 0.25) is 15.1 Å². The van der Waals surface area contributed by atoms with Gasteiger partial charge in [-0.15, -0.1) is 0 Å². The van der Waals surface area contributed by atoms with E-state index in [1.807, 2.05) is 23.1 Å². The first kappa shape index (κ1) is 22.2. The number of carbonyl (C=O) groups is 1. The van der Waals surface area contributed by atoms with Gasteiger partial charge in [0, 0.05) is 42.3 Å². The van der Waals surface area contributed by atoms with Gasteiger partial charge in [-0.2, -0.15) is 10.2 Å². The van der Waals surface area contributed by atoms with Crippen LogP contribution in [0.4, 0.5) is 5.88 Å². The third kappa shape index (κ3) is 4.76. The summed E-state index contributed by atoms with van der Waals surface area (Å²) in [7, 11) is 0. The van der Waals surface area contributed by atoms with Crippen molar-refractivity contribution in [2.24, 2.45) is 0 Å². The van der Waals surface area contributed by atoms with Crippen molar-refractivity contribution >= 4 is 58.7 Å². The maximum absolute atomic E-state index is 12.8. The summed E-state index contributed by atoms with van der Waals surface area (Å²) in [5, 5.41) is 10.9. The van der Waals surface area contributed by atoms with E-state index in [0.29, 0.717) is 58.6 Å². The summed E-state index contributed by atoms with van der Waals surface area (Å²) in [6.07, 6.45) is 3.46. The van der Waals surface area contributed by atoms with Gasteiger partial charge in [-0.25, -0.2) is 0 Å². The van der Waals surface area contributed by atoms with Crippen molar-refractivity contribution < 1.29 is 9.21 Å². The average Bonchev–Trinajstić information content (AvgIpc) is 3.21. The summed E-state index contributed by atoms with van der Waals surface area (Å²) < 4.78 is 5.84. The monoisotopic (exact) mass is 486 g/mol. The van der Waals surface area contributed by atoms with Gasteiger partial charge in [-0.1, -0.05) is 53.0 Å². The van der Waals surface area contributed by atoms with Crippen LogP contribution < -0.4 is 4.90 Å². The van der Waals surface area contributed by atoms with Crippen molar-refractivity contribution in [1.82, 2.24) is 9.88 Å². The molecule has 32 heavy (non-hydrogen) atoms. The molecule has 0 unspecified atom stereocenters. The second-order valence-electron chi connectivity index (χ2n) is 7.08. The number of oxazole rings is 1. The second-order valence-corrected chi connectivity index (χ2v) is 8.33. The van der Waals surface area contributed by atoms with Gasteiger partial charge < -0.3 is 14.2 Å². The van der Waals surface area contributed by atoms with E-state index >= 15 is 0 Å². The summed E-state index contributed by atoms with van der Waals surface area (Å²) in [6.45, 7) is 1.89. The van der Waals surface area contributed by atoms with Crippen molar-refractivity contribution in [3.05, 3.63) is 80.2 Å². The number of hydrogen-bond donors (Lipinski definition) is 0. The summed E-state index contributed by atoms with van der Waals surface area (Å²) in [6, 6.07) is 14.3. The quantitative estimate of drug-likeness (QED) is 0.476. The summed E-state index contributed by atoms with van der Waals surface area (Å²) in [5.74, 6) is 0.540. The number of carbonyl (C=O) groups excluding carboxylic acids is 1. The van der Waals surface area contributed by atoms with E-state index in [0.717, 1.165) is 5.56 Å². The number of aromatic nitrogens is 1. The van der Waals surface area contributed by atoms with Crippen molar-refractivity contribution in [3.63, 3.8) is 0 Å². The van der Waals surface area contributed by atoms with Crippen molar-refractivity contribution in [2.75, 3.05) is 31.1 Å². The van der Waals surface area contributed by atoms with Gasteiger partial charge in [0.1, 0.15) is 6.07 Å². The molecule has 0 N–H and O–H groups in total. The van der Waals surface area contributed by atoms with E-state index in [1.165, 1.54) is 0 Å². The minimum Gasteiger partial charge on any atom is -0.420 e. The highest BCUT2D eigenvalue weighted by Gasteiger charge is 2.27. The summed E-state index contributed by atoms with van der Waals surface area (Å²) >= 11 is 18.3. The van der Waals surface area contributed by atoms with Gasteiger partial charge >= 0.3 is 0 Å². The molecular weight excluding hydrogens is 471 g/mol. The lowest BCUT2D eigenvalue weighted by Crippen LogP contribution is -2.49. The largest absolute Gasteiger partial charge is 0.420 e. The fourth-order valence-electron chi connectivity index (χ4n) is 3.40. The number of anilines is 1. The highest BCUT2D eigenvalue weighted by atomic mass is 35.5. The predicted molar refractivity (Wildman–Crippen MR) is 126 cm³/mol. The van der Waals surface area contributed by atoms with Gasteiger partial charge in [0.2, 0.25) is 17.5 Å². The Balaban J connectivity index is 1.46. The smallest absolute Gasteiger partial charge is 0.255 e. The lowest BCUT2D eigenvalue weighted by molar-refractivity contribution is 0.0745. The Morgan fingerprint density at radius 1 is 1.03 bits per heavy atom. The minimum atomic E-state index is -0.159. The highest BCUT2D eigenvalue weighted by molar-refractivity contribution is 6.36. The number of rotatable bonds is 4. The van der Waals surface area contributed by atoms with Crippen LogP contribution in [0.1, 0.15) is 27.5 Å². The lowest BCUT2D eigenvalue weighted by Gasteiger charge is -2.34. The molecule has 0 aliphatic carbocycles. The molecule has 0 spiro atoms. The molecule has 6 nitrogen and oxygen atoms in total. The SMILES string of the molecule is N#Cc1nc(/C=C/c2ccccc2Cl)oc1N1CCN(C(=O)c2ccc(Cl)cc2Cl)CC1. The van der Waals surface area contributed by atoms with Crippen LogP contribution in [0.3, 0.4) is 0 Å². The molecule has 4 rings (SSSR count). The fourth-order valence-corrected chi connectivity index (χ4v) is 4.09. The number of nitrogens with zero attached hydrogens (tertiary/aromatic N) is 4. The van der Waals surface area contributed by atoms with Crippen LogP contribution in [0.25, 0.3) is 12.2 Å². The fraction of sp³-hybridized carbons (Fsp3) is 0.174. The Kier molecular flexibility index (Phi) is 6.71. The number of amides is 1. The Hall–Kier alpha value is -2.98. The van der Waals surface area contributed by atoms with Crippen LogP contribution in [0.15, 0.2) is 46.9 Å². The van der Waals surface area contributed by atoms with Crippen LogP contribution >= 0.6 is 34.8 Å². The van der Waals surface area contributed by atoms with E-state index in [4.69, 9.17) is 39.2 Å². The average molecular weight is 488 g/mol. The van der Waals surface area contributed by atoms with Gasteiger partial charge in [0.15, 0.2) is 0 Å². The van der Waals surface area contributed by atoms with Gasteiger partial charge in [0.25, 0.3) is 5.91 Å². The highest BCUT2D eigenvalue weighted by Crippen LogP contribution is 2.27. The Morgan fingerprint density at radius 2 is 1.78 bits per heavy atom. The third-order valence-electron chi connectivity index (χ3n) is 5.06. The maximum atomic E-state index is 12.8. The topological polar surface area (TPSA) is 73.4 Å². The minimum absolute atomic E-state index is 0.159. The van der Waals surface area contributed by atoms with E-state index in [-0.39, 0.29) is 11.6 Å². The summed E-state index contributed by atoms with van der Waals surface area (Å²) in [4.78, 5) is 20.7. The molecule has 1 amide bonds. The number of piperazine rings is 1. The molecule has 3 aromatic rings. The lowest BCUT2D eigenvalue weighted by atomic mass is 10.1. The maximum Gasteiger partial charge on any atom is 0.255 e. The Bertz CT molecular complexity index is 1220. The van der Waals surface area contributed by atoms with E-state index in [2.05, 4.69) is 11.1 Å². The van der Waals surface area contributed by atoms with Crippen LogP contribution in [-0.4, -0.2) is 42.0 Å². The zero-order valence-electron chi connectivity index (χ0n) is 16.8.